The highest BCUT2D eigenvalue weighted by Crippen LogP contribution is 2.34. The van der Waals surface area contributed by atoms with Gasteiger partial charge in [0.05, 0.1) is 0 Å². The summed E-state index contributed by atoms with van der Waals surface area (Å²) in [4.78, 5) is 21.5. The zero-order valence-electron chi connectivity index (χ0n) is 9.77. The first-order valence-electron chi connectivity index (χ1n) is 4.75. The molecule has 0 aromatic carbocycles. The zero-order chi connectivity index (χ0) is 14.6. The van der Waals surface area contributed by atoms with Crippen molar-refractivity contribution in [3.63, 3.8) is 0 Å². The van der Waals surface area contributed by atoms with Crippen LogP contribution < -0.4 is 0 Å². The molecule has 0 bridgehead atoms. The fraction of sp³-hybridized carbons (Fsp3) is 0.600. The fourth-order valence-electron chi connectivity index (χ4n) is 0.662. The van der Waals surface area contributed by atoms with E-state index >= 15 is 0 Å². The van der Waals surface area contributed by atoms with Crippen molar-refractivity contribution >= 4 is 11.9 Å². The van der Waals surface area contributed by atoms with Gasteiger partial charge >= 0.3 is 23.8 Å². The minimum Gasteiger partial charge on any atom is -0.459 e. The Kier molecular flexibility index (Phi) is 5.31. The maximum absolute atomic E-state index is 12.7. The molecule has 0 spiro atoms. The minimum absolute atomic E-state index is 0.0618. The summed E-state index contributed by atoms with van der Waals surface area (Å²) in [5.74, 6) is -12.6. The van der Waals surface area contributed by atoms with Crippen LogP contribution >= 0.6 is 0 Å². The number of carbonyl (C=O) groups excluding carboxylic acids is 2. The highest BCUT2D eigenvalue weighted by atomic mass is 19.3. The van der Waals surface area contributed by atoms with Gasteiger partial charge in [0.25, 0.3) is 0 Å². The number of rotatable bonds is 6. The molecule has 4 nitrogen and oxygen atoms in total. The molecule has 0 saturated carbocycles. The van der Waals surface area contributed by atoms with Crippen molar-refractivity contribution in [3.05, 3.63) is 12.2 Å². The molecular weight excluding hydrogens is 260 g/mol. The number of halogens is 4. The minimum atomic E-state index is -4.93. The summed E-state index contributed by atoms with van der Waals surface area (Å²) in [6, 6.07) is 0. The fourth-order valence-corrected chi connectivity index (χ4v) is 0.662. The lowest BCUT2D eigenvalue weighted by molar-refractivity contribution is -0.223. The largest absolute Gasteiger partial charge is 0.459 e. The maximum atomic E-state index is 12.7. The summed E-state index contributed by atoms with van der Waals surface area (Å²) in [6.07, 6.45) is 0. The highest BCUT2D eigenvalue weighted by Gasteiger charge is 2.60. The van der Waals surface area contributed by atoms with Crippen LogP contribution in [0.15, 0.2) is 12.2 Å². The van der Waals surface area contributed by atoms with E-state index in [1.165, 1.54) is 6.92 Å². The van der Waals surface area contributed by atoms with E-state index in [0.717, 1.165) is 0 Å². The number of alkyl halides is 4. The molecule has 0 rings (SSSR count). The quantitative estimate of drug-likeness (QED) is 0.321. The Hall–Kier alpha value is -1.60. The summed E-state index contributed by atoms with van der Waals surface area (Å²) in [7, 11) is 0. The van der Waals surface area contributed by atoms with Gasteiger partial charge < -0.3 is 9.47 Å². The Morgan fingerprint density at radius 3 is 1.94 bits per heavy atom. The normalized spacial score (nSPS) is 11.9. The lowest BCUT2D eigenvalue weighted by Gasteiger charge is -2.20. The van der Waals surface area contributed by atoms with Gasteiger partial charge in [-0.25, -0.2) is 9.59 Å². The first-order chi connectivity index (χ1) is 8.00. The first kappa shape index (κ1) is 16.4. The van der Waals surface area contributed by atoms with Gasteiger partial charge in [-0.2, -0.15) is 17.6 Å². The van der Waals surface area contributed by atoms with Crippen LogP contribution in [0.4, 0.5) is 17.6 Å². The van der Waals surface area contributed by atoms with Crippen molar-refractivity contribution in [1.82, 2.24) is 0 Å². The zero-order valence-corrected chi connectivity index (χ0v) is 9.77. The van der Waals surface area contributed by atoms with Crippen molar-refractivity contribution in [3.8, 4) is 0 Å². The highest BCUT2D eigenvalue weighted by molar-refractivity contribution is 5.86. The van der Waals surface area contributed by atoms with Gasteiger partial charge in [0, 0.05) is 12.5 Å². The van der Waals surface area contributed by atoms with Crippen LogP contribution in [-0.4, -0.2) is 37.0 Å². The molecule has 0 aliphatic rings. The molecule has 0 amide bonds. The van der Waals surface area contributed by atoms with Crippen LogP contribution in [0.1, 0.15) is 13.8 Å². The molecule has 0 atom stereocenters. The number of ether oxygens (including phenoxy) is 2. The molecule has 0 radical (unpaired) electrons. The molecule has 0 unspecified atom stereocenters. The standard InChI is InChI=1S/C10H12F4O4/c1-6(2)7(15)17-4-5-18-8(16)10(13,14)9(3,11)12/h1,4-5H2,2-3H3. The van der Waals surface area contributed by atoms with Crippen molar-refractivity contribution in [2.24, 2.45) is 0 Å². The molecule has 0 heterocycles. The summed E-state index contributed by atoms with van der Waals surface area (Å²) in [5.41, 5.74) is 0.0618. The summed E-state index contributed by atoms with van der Waals surface area (Å²) in [5, 5.41) is 0. The first-order valence-corrected chi connectivity index (χ1v) is 4.75. The van der Waals surface area contributed by atoms with E-state index in [0.29, 0.717) is 0 Å². The Balaban J connectivity index is 4.14. The second kappa shape index (κ2) is 5.83. The van der Waals surface area contributed by atoms with Crippen LogP contribution in [0, 0.1) is 0 Å². The van der Waals surface area contributed by atoms with E-state index in [1.807, 2.05) is 0 Å². The molecular formula is C10H12F4O4. The van der Waals surface area contributed by atoms with Gasteiger partial charge in [-0.05, 0) is 6.92 Å². The molecule has 104 valence electrons. The van der Waals surface area contributed by atoms with Crippen molar-refractivity contribution in [2.45, 2.75) is 25.7 Å². The van der Waals surface area contributed by atoms with E-state index in [4.69, 9.17) is 0 Å². The second-order valence-corrected chi connectivity index (χ2v) is 3.51. The van der Waals surface area contributed by atoms with Gasteiger partial charge in [0.15, 0.2) is 0 Å². The average molecular weight is 272 g/mol. The van der Waals surface area contributed by atoms with Crippen LogP contribution in [0.3, 0.4) is 0 Å². The predicted molar refractivity (Wildman–Crippen MR) is 52.3 cm³/mol. The third kappa shape index (κ3) is 4.34. The Bertz CT molecular complexity index is 346. The predicted octanol–water partition coefficient (Wildman–Crippen LogP) is 1.94. The lowest BCUT2D eigenvalue weighted by Crippen LogP contribution is -2.46. The van der Waals surface area contributed by atoms with Crippen molar-refractivity contribution in [1.29, 1.82) is 0 Å². The van der Waals surface area contributed by atoms with Crippen LogP contribution in [-0.2, 0) is 19.1 Å². The average Bonchev–Trinajstić information content (AvgIpc) is 2.21. The van der Waals surface area contributed by atoms with Gasteiger partial charge in [0.1, 0.15) is 13.2 Å². The van der Waals surface area contributed by atoms with E-state index in [2.05, 4.69) is 16.1 Å². The van der Waals surface area contributed by atoms with Crippen molar-refractivity contribution in [2.75, 3.05) is 13.2 Å². The number of hydrogen-bond donors (Lipinski definition) is 0. The van der Waals surface area contributed by atoms with Gasteiger partial charge in [-0.15, -0.1) is 0 Å². The van der Waals surface area contributed by atoms with Crippen molar-refractivity contribution < 1.29 is 36.6 Å². The Morgan fingerprint density at radius 1 is 1.11 bits per heavy atom. The molecule has 8 heteroatoms. The molecule has 0 aliphatic heterocycles. The maximum Gasteiger partial charge on any atom is 0.404 e. The van der Waals surface area contributed by atoms with Gasteiger partial charge in [-0.3, -0.25) is 0 Å². The van der Waals surface area contributed by atoms with Gasteiger partial charge in [0.2, 0.25) is 0 Å². The summed E-state index contributed by atoms with van der Waals surface area (Å²) in [6.45, 7) is 3.21. The number of esters is 2. The van der Waals surface area contributed by atoms with Crippen LogP contribution in [0.5, 0.6) is 0 Å². The number of carbonyl (C=O) groups is 2. The summed E-state index contributed by atoms with van der Waals surface area (Å²) >= 11 is 0. The molecule has 0 N–H and O–H groups in total. The Morgan fingerprint density at radius 2 is 1.56 bits per heavy atom. The van der Waals surface area contributed by atoms with E-state index < -0.39 is 37.0 Å². The second-order valence-electron chi connectivity index (χ2n) is 3.51. The molecule has 18 heavy (non-hydrogen) atoms. The third-order valence-corrected chi connectivity index (χ3v) is 1.71. The molecule has 0 fully saturated rings. The molecule has 0 aromatic heterocycles. The van der Waals surface area contributed by atoms with E-state index in [9.17, 15) is 27.2 Å². The molecule has 0 aromatic rings. The Labute approximate surface area is 101 Å². The molecule has 0 saturated heterocycles. The SMILES string of the molecule is C=C(C)C(=O)OCCOC(=O)C(F)(F)C(C)(F)F. The topological polar surface area (TPSA) is 52.6 Å². The van der Waals surface area contributed by atoms with Gasteiger partial charge in [-0.1, -0.05) is 6.58 Å². The van der Waals surface area contributed by atoms with Crippen LogP contribution in [0.25, 0.3) is 0 Å². The number of hydrogen-bond acceptors (Lipinski definition) is 4. The smallest absolute Gasteiger partial charge is 0.404 e. The van der Waals surface area contributed by atoms with E-state index in [-0.39, 0.29) is 12.5 Å². The molecule has 0 aliphatic carbocycles. The van der Waals surface area contributed by atoms with E-state index in [1.54, 1.807) is 0 Å². The van der Waals surface area contributed by atoms with Crippen LogP contribution in [0.2, 0.25) is 0 Å². The third-order valence-electron chi connectivity index (χ3n) is 1.71. The lowest BCUT2D eigenvalue weighted by atomic mass is 10.2. The monoisotopic (exact) mass is 272 g/mol. The summed E-state index contributed by atoms with van der Waals surface area (Å²) < 4.78 is 58.4.